The van der Waals surface area contributed by atoms with Crippen molar-refractivity contribution in [2.24, 2.45) is 0 Å². The van der Waals surface area contributed by atoms with Gasteiger partial charge in [-0.2, -0.15) is 0 Å². The average Bonchev–Trinajstić information content (AvgIpc) is 3.20. The van der Waals surface area contributed by atoms with Crippen LogP contribution in [0.4, 0.5) is 5.69 Å². The Hall–Kier alpha value is -2.42. The van der Waals surface area contributed by atoms with Crippen LogP contribution in [0.5, 0.6) is 0 Å². The summed E-state index contributed by atoms with van der Waals surface area (Å²) in [6, 6.07) is 7.85. The molecule has 0 spiro atoms. The first-order chi connectivity index (χ1) is 14.5. The van der Waals surface area contributed by atoms with Crippen LogP contribution in [0.1, 0.15) is 16.1 Å². The van der Waals surface area contributed by atoms with E-state index in [1.165, 1.54) is 15.9 Å². The summed E-state index contributed by atoms with van der Waals surface area (Å²) in [4.78, 5) is 43.1. The molecule has 0 bridgehead atoms. The Bertz CT molecular complexity index is 1250. The third-order valence-electron chi connectivity index (χ3n) is 5.97. The van der Waals surface area contributed by atoms with Gasteiger partial charge in [0.2, 0.25) is 0 Å². The monoisotopic (exact) mass is 444 g/mol. The average molecular weight is 445 g/mol. The topological polar surface area (TPSA) is 67.6 Å². The molecular formula is C21H21ClN4O3S. The Balaban J connectivity index is 1.32. The molecule has 2 aromatic heterocycles. The van der Waals surface area contributed by atoms with Gasteiger partial charge < -0.3 is 4.90 Å². The van der Waals surface area contributed by atoms with Gasteiger partial charge in [-0.25, -0.2) is 4.79 Å². The van der Waals surface area contributed by atoms with Crippen LogP contribution in [0.15, 0.2) is 39.2 Å². The van der Waals surface area contributed by atoms with Crippen molar-refractivity contribution in [3.8, 4) is 0 Å². The predicted molar refractivity (Wildman–Crippen MR) is 119 cm³/mol. The molecule has 0 amide bonds. The van der Waals surface area contributed by atoms with Gasteiger partial charge in [0.15, 0.2) is 5.78 Å². The highest BCUT2D eigenvalue weighted by molar-refractivity contribution is 7.13. The summed E-state index contributed by atoms with van der Waals surface area (Å²) in [5.74, 6) is 0.0177. The van der Waals surface area contributed by atoms with Crippen molar-refractivity contribution in [2.45, 2.75) is 19.5 Å². The number of hydrogen-bond donors (Lipinski definition) is 0. The minimum Gasteiger partial charge on any atom is -0.369 e. The molecule has 0 atom stereocenters. The van der Waals surface area contributed by atoms with E-state index in [0.717, 1.165) is 36.9 Å². The van der Waals surface area contributed by atoms with Gasteiger partial charge in [0, 0.05) is 68.3 Å². The summed E-state index contributed by atoms with van der Waals surface area (Å²) < 4.78 is 2.93. The second-order valence-electron chi connectivity index (χ2n) is 7.70. The number of rotatable bonds is 4. The van der Waals surface area contributed by atoms with Crippen LogP contribution in [-0.2, 0) is 13.1 Å². The molecule has 0 unspecified atom stereocenters. The van der Waals surface area contributed by atoms with Gasteiger partial charge in [-0.15, -0.1) is 11.3 Å². The number of aryl methyl sites for hydroxylation is 1. The van der Waals surface area contributed by atoms with Crippen LogP contribution in [0, 0.1) is 0 Å². The second-order valence-corrected chi connectivity index (χ2v) is 9.02. The van der Waals surface area contributed by atoms with Gasteiger partial charge in [0.25, 0.3) is 5.56 Å². The normalized spacial score (nSPS) is 17.1. The molecular weight excluding hydrogens is 424 g/mol. The maximum Gasteiger partial charge on any atom is 0.331 e. The van der Waals surface area contributed by atoms with Gasteiger partial charge in [-0.05, 0) is 18.2 Å². The van der Waals surface area contributed by atoms with Crippen LogP contribution in [0.3, 0.4) is 0 Å². The zero-order valence-corrected chi connectivity index (χ0v) is 17.9. The number of piperazine rings is 1. The lowest BCUT2D eigenvalue weighted by Gasteiger charge is -2.36. The van der Waals surface area contributed by atoms with E-state index in [1.807, 2.05) is 18.2 Å². The van der Waals surface area contributed by atoms with E-state index in [9.17, 15) is 14.4 Å². The zero-order chi connectivity index (χ0) is 20.8. The van der Waals surface area contributed by atoms with E-state index < -0.39 is 0 Å². The van der Waals surface area contributed by atoms with E-state index >= 15 is 0 Å². The summed E-state index contributed by atoms with van der Waals surface area (Å²) in [6.07, 6.45) is 0.312. The molecule has 4 heterocycles. The molecule has 1 fully saturated rings. The first kappa shape index (κ1) is 19.5. The van der Waals surface area contributed by atoms with E-state index in [2.05, 4.69) is 15.9 Å². The summed E-state index contributed by atoms with van der Waals surface area (Å²) in [7, 11) is 0. The van der Waals surface area contributed by atoms with Crippen molar-refractivity contribution in [1.82, 2.24) is 14.0 Å². The van der Waals surface area contributed by atoms with Gasteiger partial charge in [0.1, 0.15) is 0 Å². The predicted octanol–water partition coefficient (Wildman–Crippen LogP) is 2.29. The summed E-state index contributed by atoms with van der Waals surface area (Å²) in [5.41, 5.74) is 1.04. The van der Waals surface area contributed by atoms with Gasteiger partial charge in [0.05, 0.1) is 15.8 Å². The standard InChI is InChI=1S/C21H21ClN4O3S/c22-14-2-1-3-15(12-14)24-9-6-23(7-10-24)8-11-26-20(28)16-13-30-19-17(27)4-5-25(18(16)19)21(26)29/h1-3,12-13H,4-11H2. The molecule has 30 heavy (non-hydrogen) atoms. The molecule has 5 rings (SSSR count). The molecule has 2 aliphatic heterocycles. The van der Waals surface area contributed by atoms with Gasteiger partial charge >= 0.3 is 5.69 Å². The number of thiophene rings is 1. The number of Topliss-reactive ketones (excluding diaryl/α,β-unsaturated/α-hetero) is 1. The molecule has 0 aliphatic carbocycles. The van der Waals surface area contributed by atoms with Crippen molar-refractivity contribution in [3.63, 3.8) is 0 Å². The summed E-state index contributed by atoms with van der Waals surface area (Å²) >= 11 is 7.37. The number of ketones is 1. The number of carbonyl (C=O) groups is 1. The highest BCUT2D eigenvalue weighted by atomic mass is 35.5. The first-order valence-electron chi connectivity index (χ1n) is 10.0. The number of nitrogens with zero attached hydrogens (tertiary/aromatic N) is 4. The Labute approximate surface area is 181 Å². The third-order valence-corrected chi connectivity index (χ3v) is 7.22. The lowest BCUT2D eigenvalue weighted by Crippen LogP contribution is -2.49. The molecule has 9 heteroatoms. The maximum atomic E-state index is 12.9. The number of hydrogen-bond acceptors (Lipinski definition) is 6. The highest BCUT2D eigenvalue weighted by Gasteiger charge is 2.26. The molecule has 0 N–H and O–H groups in total. The molecule has 0 radical (unpaired) electrons. The number of carbonyl (C=O) groups excluding carboxylic acids is 1. The lowest BCUT2D eigenvalue weighted by atomic mass is 10.1. The van der Waals surface area contributed by atoms with E-state index in [0.29, 0.717) is 41.8 Å². The fraction of sp³-hybridized carbons (Fsp3) is 0.381. The molecule has 1 aromatic carbocycles. The summed E-state index contributed by atoms with van der Waals surface area (Å²) in [5, 5.41) is 2.92. The number of halogens is 1. The zero-order valence-electron chi connectivity index (χ0n) is 16.3. The SMILES string of the molecule is O=C1CCn2c(=O)n(CCN3CCN(c4cccc(Cl)c4)CC3)c(=O)c3csc1c32. The smallest absolute Gasteiger partial charge is 0.331 e. The molecule has 0 saturated carbocycles. The minimum absolute atomic E-state index is 0.0177. The van der Waals surface area contributed by atoms with Crippen molar-refractivity contribution >= 4 is 45.3 Å². The largest absolute Gasteiger partial charge is 0.369 e. The Morgan fingerprint density at radius 2 is 1.80 bits per heavy atom. The van der Waals surface area contributed by atoms with Crippen LogP contribution < -0.4 is 16.1 Å². The quantitative estimate of drug-likeness (QED) is 0.617. The molecule has 2 aliphatic rings. The van der Waals surface area contributed by atoms with E-state index in [-0.39, 0.29) is 17.0 Å². The van der Waals surface area contributed by atoms with Gasteiger partial charge in [-0.3, -0.25) is 23.6 Å². The number of benzene rings is 1. The maximum absolute atomic E-state index is 12.9. The van der Waals surface area contributed by atoms with Crippen LogP contribution >= 0.6 is 22.9 Å². The van der Waals surface area contributed by atoms with Crippen LogP contribution in [0.2, 0.25) is 5.02 Å². The highest BCUT2D eigenvalue weighted by Crippen LogP contribution is 2.27. The first-order valence-corrected chi connectivity index (χ1v) is 11.3. The Morgan fingerprint density at radius 3 is 2.57 bits per heavy atom. The van der Waals surface area contributed by atoms with Crippen LogP contribution in [0.25, 0.3) is 10.9 Å². The van der Waals surface area contributed by atoms with E-state index in [1.54, 1.807) is 9.95 Å². The molecule has 3 aromatic rings. The molecule has 1 saturated heterocycles. The fourth-order valence-corrected chi connectivity index (χ4v) is 5.52. The lowest BCUT2D eigenvalue weighted by molar-refractivity contribution is 0.0976. The fourth-order valence-electron chi connectivity index (χ4n) is 4.32. The second kappa shape index (κ2) is 7.68. The van der Waals surface area contributed by atoms with Gasteiger partial charge in [-0.1, -0.05) is 17.7 Å². The minimum atomic E-state index is -0.308. The van der Waals surface area contributed by atoms with Crippen LogP contribution in [-0.4, -0.2) is 52.5 Å². The number of aromatic nitrogens is 2. The van der Waals surface area contributed by atoms with Crippen molar-refractivity contribution < 1.29 is 4.79 Å². The van der Waals surface area contributed by atoms with Crippen molar-refractivity contribution in [3.05, 3.63) is 60.4 Å². The Morgan fingerprint density at radius 1 is 1.00 bits per heavy atom. The molecule has 7 nitrogen and oxygen atoms in total. The van der Waals surface area contributed by atoms with E-state index in [4.69, 9.17) is 11.6 Å². The Kier molecular flexibility index (Phi) is 5.00. The number of anilines is 1. The summed E-state index contributed by atoms with van der Waals surface area (Å²) in [6.45, 7) is 4.78. The third kappa shape index (κ3) is 3.29. The van der Waals surface area contributed by atoms with Crippen molar-refractivity contribution in [1.29, 1.82) is 0 Å². The molecule has 156 valence electrons. The van der Waals surface area contributed by atoms with Crippen molar-refractivity contribution in [2.75, 3.05) is 37.6 Å².